The zero-order valence-electron chi connectivity index (χ0n) is 11.8. The van der Waals surface area contributed by atoms with Gasteiger partial charge in [-0.3, -0.25) is 9.67 Å². The molecule has 0 aromatic carbocycles. The molecule has 20 heavy (non-hydrogen) atoms. The van der Waals surface area contributed by atoms with E-state index >= 15 is 0 Å². The minimum atomic E-state index is 0.316. The first-order valence-electron chi connectivity index (χ1n) is 6.42. The lowest BCUT2D eigenvalue weighted by molar-refractivity contribution is 0.291. The van der Waals surface area contributed by atoms with E-state index in [2.05, 4.69) is 10.1 Å². The van der Waals surface area contributed by atoms with Gasteiger partial charge in [0.1, 0.15) is 12.4 Å². The number of alkyl halides is 1. The van der Waals surface area contributed by atoms with Crippen molar-refractivity contribution in [2.24, 2.45) is 7.05 Å². The Morgan fingerprint density at radius 2 is 2.05 bits per heavy atom. The molecule has 0 N–H and O–H groups in total. The number of hydrogen-bond acceptors (Lipinski definition) is 3. The van der Waals surface area contributed by atoms with Crippen LogP contribution in [0.1, 0.15) is 29.7 Å². The second kappa shape index (κ2) is 6.46. The van der Waals surface area contributed by atoms with E-state index in [9.17, 15) is 0 Å². The lowest BCUT2D eigenvalue weighted by Gasteiger charge is -2.10. The van der Waals surface area contributed by atoms with E-state index in [1.165, 1.54) is 0 Å². The van der Waals surface area contributed by atoms with Crippen molar-refractivity contribution in [1.29, 1.82) is 0 Å². The molecule has 0 fully saturated rings. The average molecular weight is 314 g/mol. The standard InChI is InChI=1S/C14H17Cl2N3O/c1-4-10-14(16)12(19(3)18-10)8-20-13-6-5-9(2)17-11(13)7-15/h5-6H,4,7-8H2,1-3H3. The van der Waals surface area contributed by atoms with Crippen molar-refractivity contribution in [1.82, 2.24) is 14.8 Å². The van der Waals surface area contributed by atoms with Crippen molar-refractivity contribution >= 4 is 23.2 Å². The zero-order chi connectivity index (χ0) is 14.7. The molecule has 0 radical (unpaired) electrons. The SMILES string of the molecule is CCc1nn(C)c(COc2ccc(C)nc2CCl)c1Cl. The summed E-state index contributed by atoms with van der Waals surface area (Å²) in [6.45, 7) is 4.29. The van der Waals surface area contributed by atoms with Crippen molar-refractivity contribution in [2.75, 3.05) is 0 Å². The van der Waals surface area contributed by atoms with Gasteiger partial charge in [0.15, 0.2) is 0 Å². The maximum absolute atomic E-state index is 6.29. The van der Waals surface area contributed by atoms with Crippen LogP contribution < -0.4 is 4.74 Å². The Labute approximate surface area is 128 Å². The molecule has 0 saturated carbocycles. The number of pyridine rings is 1. The molecule has 0 atom stereocenters. The fourth-order valence-electron chi connectivity index (χ4n) is 1.95. The summed E-state index contributed by atoms with van der Waals surface area (Å²) in [4.78, 5) is 4.36. The summed E-state index contributed by atoms with van der Waals surface area (Å²) in [6.07, 6.45) is 0.797. The third kappa shape index (κ3) is 3.07. The van der Waals surface area contributed by atoms with Gasteiger partial charge in [0.2, 0.25) is 0 Å². The van der Waals surface area contributed by atoms with E-state index in [1.54, 1.807) is 4.68 Å². The predicted molar refractivity (Wildman–Crippen MR) is 80.5 cm³/mol. The Morgan fingerprint density at radius 1 is 1.30 bits per heavy atom. The van der Waals surface area contributed by atoms with Gasteiger partial charge in [-0.25, -0.2) is 0 Å². The van der Waals surface area contributed by atoms with Gasteiger partial charge in [0, 0.05) is 12.7 Å². The summed E-state index contributed by atoms with van der Waals surface area (Å²) in [6, 6.07) is 3.78. The highest BCUT2D eigenvalue weighted by molar-refractivity contribution is 6.31. The van der Waals surface area contributed by atoms with Crippen molar-refractivity contribution < 1.29 is 4.74 Å². The molecule has 2 aromatic heterocycles. The Bertz CT molecular complexity index is 611. The van der Waals surface area contributed by atoms with E-state index in [0.29, 0.717) is 23.3 Å². The molecule has 0 aliphatic heterocycles. The lowest BCUT2D eigenvalue weighted by atomic mass is 10.3. The molecule has 0 unspecified atom stereocenters. The van der Waals surface area contributed by atoms with Crippen LogP contribution in [0.4, 0.5) is 0 Å². The fourth-order valence-corrected chi connectivity index (χ4v) is 2.49. The van der Waals surface area contributed by atoms with Gasteiger partial charge in [-0.1, -0.05) is 18.5 Å². The number of hydrogen-bond donors (Lipinski definition) is 0. The number of aromatic nitrogens is 3. The van der Waals surface area contributed by atoms with Gasteiger partial charge >= 0.3 is 0 Å². The summed E-state index contributed by atoms with van der Waals surface area (Å²) in [7, 11) is 1.86. The Morgan fingerprint density at radius 3 is 2.65 bits per heavy atom. The second-order valence-corrected chi connectivity index (χ2v) is 5.15. The summed E-state index contributed by atoms with van der Waals surface area (Å²) in [5.74, 6) is 0.997. The molecule has 6 heteroatoms. The Kier molecular flexibility index (Phi) is 4.89. The first kappa shape index (κ1) is 15.1. The van der Waals surface area contributed by atoms with Crippen LogP contribution in [0.3, 0.4) is 0 Å². The average Bonchev–Trinajstić information content (AvgIpc) is 2.72. The molecule has 0 amide bonds. The highest BCUT2D eigenvalue weighted by Crippen LogP contribution is 2.24. The van der Waals surface area contributed by atoms with Gasteiger partial charge in [-0.15, -0.1) is 11.6 Å². The zero-order valence-corrected chi connectivity index (χ0v) is 13.3. The normalized spacial score (nSPS) is 10.8. The molecule has 0 spiro atoms. The number of rotatable bonds is 5. The van der Waals surface area contributed by atoms with Gasteiger partial charge < -0.3 is 4.74 Å². The van der Waals surface area contributed by atoms with Crippen LogP contribution in [-0.4, -0.2) is 14.8 Å². The van der Waals surface area contributed by atoms with Crippen LogP contribution in [0.2, 0.25) is 5.02 Å². The van der Waals surface area contributed by atoms with Crippen LogP contribution in [0.5, 0.6) is 5.75 Å². The maximum atomic E-state index is 6.29. The van der Waals surface area contributed by atoms with Gasteiger partial charge in [0.05, 0.1) is 28.0 Å². The molecule has 0 aliphatic rings. The fraction of sp³-hybridized carbons (Fsp3) is 0.429. The van der Waals surface area contributed by atoms with Crippen LogP contribution in [0.15, 0.2) is 12.1 Å². The number of nitrogens with zero attached hydrogens (tertiary/aromatic N) is 3. The monoisotopic (exact) mass is 313 g/mol. The molecular weight excluding hydrogens is 297 g/mol. The smallest absolute Gasteiger partial charge is 0.142 e. The van der Waals surface area contributed by atoms with Crippen molar-refractivity contribution in [3.63, 3.8) is 0 Å². The largest absolute Gasteiger partial charge is 0.485 e. The first-order chi connectivity index (χ1) is 9.56. The van der Waals surface area contributed by atoms with Gasteiger partial charge in [-0.05, 0) is 25.5 Å². The first-order valence-corrected chi connectivity index (χ1v) is 7.33. The molecule has 0 bridgehead atoms. The van der Waals surface area contributed by atoms with Crippen LogP contribution in [-0.2, 0) is 26.0 Å². The Balaban J connectivity index is 2.19. The number of halogens is 2. The number of ether oxygens (including phenoxy) is 1. The van der Waals surface area contributed by atoms with Crippen molar-refractivity contribution in [3.05, 3.63) is 39.9 Å². The van der Waals surface area contributed by atoms with Crippen LogP contribution in [0.25, 0.3) is 0 Å². The lowest BCUT2D eigenvalue weighted by Crippen LogP contribution is -2.05. The van der Waals surface area contributed by atoms with E-state index < -0.39 is 0 Å². The minimum Gasteiger partial charge on any atom is -0.485 e. The van der Waals surface area contributed by atoms with E-state index in [1.807, 2.05) is 33.0 Å². The molecule has 2 rings (SSSR count). The third-order valence-electron chi connectivity index (χ3n) is 3.07. The Hall–Kier alpha value is -1.26. The summed E-state index contributed by atoms with van der Waals surface area (Å²) < 4.78 is 7.55. The predicted octanol–water partition coefficient (Wildman–Crippen LogP) is 3.66. The molecule has 4 nitrogen and oxygen atoms in total. The minimum absolute atomic E-state index is 0.316. The topological polar surface area (TPSA) is 39.9 Å². The van der Waals surface area contributed by atoms with Gasteiger partial charge in [-0.2, -0.15) is 5.10 Å². The third-order valence-corrected chi connectivity index (χ3v) is 3.76. The number of aryl methyl sites for hydroxylation is 3. The summed E-state index contributed by atoms with van der Waals surface area (Å²) in [5.41, 5.74) is 3.39. The summed E-state index contributed by atoms with van der Waals surface area (Å²) >= 11 is 12.2. The summed E-state index contributed by atoms with van der Waals surface area (Å²) in [5, 5.41) is 5.03. The molecule has 108 valence electrons. The molecular formula is C14H17Cl2N3O. The second-order valence-electron chi connectivity index (χ2n) is 4.50. The highest BCUT2D eigenvalue weighted by Gasteiger charge is 2.14. The van der Waals surface area contributed by atoms with Crippen LogP contribution in [0, 0.1) is 6.92 Å². The van der Waals surface area contributed by atoms with E-state index in [0.717, 1.165) is 29.2 Å². The van der Waals surface area contributed by atoms with Crippen molar-refractivity contribution in [3.8, 4) is 5.75 Å². The van der Waals surface area contributed by atoms with E-state index in [-0.39, 0.29) is 0 Å². The highest BCUT2D eigenvalue weighted by atomic mass is 35.5. The molecule has 0 saturated heterocycles. The maximum Gasteiger partial charge on any atom is 0.142 e. The van der Waals surface area contributed by atoms with E-state index in [4.69, 9.17) is 27.9 Å². The van der Waals surface area contributed by atoms with Gasteiger partial charge in [0.25, 0.3) is 0 Å². The quantitative estimate of drug-likeness (QED) is 0.791. The molecule has 2 heterocycles. The molecule has 0 aliphatic carbocycles. The molecule has 2 aromatic rings. The van der Waals surface area contributed by atoms with Crippen LogP contribution >= 0.6 is 23.2 Å². The van der Waals surface area contributed by atoms with Crippen molar-refractivity contribution in [2.45, 2.75) is 32.8 Å².